The molecule has 0 saturated heterocycles. The van der Waals surface area contributed by atoms with Crippen LogP contribution in [-0.2, 0) is 6.42 Å². The number of carbonyl (C=O) groups is 1. The van der Waals surface area contributed by atoms with Crippen LogP contribution in [0.2, 0.25) is 0 Å². The molecule has 0 atom stereocenters. The van der Waals surface area contributed by atoms with Crippen molar-refractivity contribution in [3.63, 3.8) is 0 Å². The summed E-state index contributed by atoms with van der Waals surface area (Å²) in [7, 11) is 0. The minimum Gasteiger partial charge on any atom is -0.457 e. The summed E-state index contributed by atoms with van der Waals surface area (Å²) in [6.07, 6.45) is 0.613. The first kappa shape index (κ1) is 15.8. The van der Waals surface area contributed by atoms with Crippen molar-refractivity contribution in [2.24, 2.45) is 0 Å². The molecule has 0 aliphatic heterocycles. The Balaban J connectivity index is 1.52. The van der Waals surface area contributed by atoms with Crippen LogP contribution in [0, 0.1) is 6.92 Å². The van der Waals surface area contributed by atoms with Gasteiger partial charge in [-0.1, -0.05) is 23.4 Å². The van der Waals surface area contributed by atoms with Gasteiger partial charge in [-0.15, -0.1) is 0 Å². The molecule has 1 aromatic heterocycles. The number of para-hydroxylation sites is 1. The maximum atomic E-state index is 12.1. The van der Waals surface area contributed by atoms with Crippen LogP contribution in [0.1, 0.15) is 21.8 Å². The third-order valence-corrected chi connectivity index (χ3v) is 3.43. The van der Waals surface area contributed by atoms with Crippen LogP contribution < -0.4 is 10.1 Å². The summed E-state index contributed by atoms with van der Waals surface area (Å²) in [6.45, 7) is 2.36. The fourth-order valence-corrected chi connectivity index (χ4v) is 2.23. The average molecular weight is 322 g/mol. The number of amides is 1. The SMILES string of the molecule is Cc1cc(CCNC(=O)c2ccc(Oc3ccccc3)cc2)on1. The molecular weight excluding hydrogens is 304 g/mol. The zero-order chi connectivity index (χ0) is 16.8. The van der Waals surface area contributed by atoms with Crippen molar-refractivity contribution in [1.82, 2.24) is 10.5 Å². The molecule has 0 unspecified atom stereocenters. The van der Waals surface area contributed by atoms with Gasteiger partial charge >= 0.3 is 0 Å². The topological polar surface area (TPSA) is 64.4 Å². The molecule has 0 bridgehead atoms. The van der Waals surface area contributed by atoms with Gasteiger partial charge in [0.2, 0.25) is 0 Å². The Labute approximate surface area is 140 Å². The van der Waals surface area contributed by atoms with Crippen LogP contribution in [0.15, 0.2) is 65.2 Å². The average Bonchev–Trinajstić information content (AvgIpc) is 3.02. The lowest BCUT2D eigenvalue weighted by Gasteiger charge is -2.07. The molecule has 1 amide bonds. The number of benzene rings is 2. The van der Waals surface area contributed by atoms with E-state index in [1.807, 2.05) is 43.3 Å². The molecule has 1 heterocycles. The van der Waals surface area contributed by atoms with Crippen molar-refractivity contribution in [2.75, 3.05) is 6.54 Å². The zero-order valence-electron chi connectivity index (χ0n) is 13.4. The fourth-order valence-electron chi connectivity index (χ4n) is 2.23. The van der Waals surface area contributed by atoms with Crippen LogP contribution in [0.25, 0.3) is 0 Å². The van der Waals surface area contributed by atoms with E-state index in [2.05, 4.69) is 10.5 Å². The Morgan fingerprint density at radius 1 is 1.08 bits per heavy atom. The van der Waals surface area contributed by atoms with E-state index in [0.29, 0.717) is 24.3 Å². The zero-order valence-corrected chi connectivity index (χ0v) is 13.4. The van der Waals surface area contributed by atoms with Gasteiger partial charge in [-0.25, -0.2) is 0 Å². The Hall–Kier alpha value is -3.08. The normalized spacial score (nSPS) is 10.4. The van der Waals surface area contributed by atoms with Gasteiger partial charge in [0.25, 0.3) is 5.91 Å². The molecule has 24 heavy (non-hydrogen) atoms. The smallest absolute Gasteiger partial charge is 0.251 e. The molecule has 1 N–H and O–H groups in total. The highest BCUT2D eigenvalue weighted by atomic mass is 16.5. The van der Waals surface area contributed by atoms with E-state index in [9.17, 15) is 4.79 Å². The van der Waals surface area contributed by atoms with Crippen LogP contribution in [0.5, 0.6) is 11.5 Å². The number of aromatic nitrogens is 1. The number of nitrogens with zero attached hydrogens (tertiary/aromatic N) is 1. The molecule has 2 aromatic carbocycles. The number of ether oxygens (including phenoxy) is 1. The van der Waals surface area contributed by atoms with Crippen molar-refractivity contribution in [2.45, 2.75) is 13.3 Å². The molecule has 0 aliphatic rings. The first-order chi connectivity index (χ1) is 11.7. The van der Waals surface area contributed by atoms with Crippen LogP contribution >= 0.6 is 0 Å². The molecule has 3 aromatic rings. The van der Waals surface area contributed by atoms with Gasteiger partial charge < -0.3 is 14.6 Å². The highest BCUT2D eigenvalue weighted by Crippen LogP contribution is 2.21. The number of aryl methyl sites for hydroxylation is 1. The lowest BCUT2D eigenvalue weighted by atomic mass is 10.2. The predicted molar refractivity (Wildman–Crippen MR) is 90.2 cm³/mol. The molecule has 0 radical (unpaired) electrons. The molecule has 0 fully saturated rings. The van der Waals surface area contributed by atoms with Gasteiger partial charge in [-0.05, 0) is 43.3 Å². The van der Waals surface area contributed by atoms with E-state index in [4.69, 9.17) is 9.26 Å². The number of hydrogen-bond acceptors (Lipinski definition) is 4. The van der Waals surface area contributed by atoms with E-state index < -0.39 is 0 Å². The molecule has 0 aliphatic carbocycles. The largest absolute Gasteiger partial charge is 0.457 e. The number of carbonyl (C=O) groups excluding carboxylic acids is 1. The van der Waals surface area contributed by atoms with Gasteiger partial charge in [-0.2, -0.15) is 0 Å². The van der Waals surface area contributed by atoms with Gasteiger partial charge in [0.15, 0.2) is 0 Å². The lowest BCUT2D eigenvalue weighted by molar-refractivity contribution is 0.0953. The van der Waals surface area contributed by atoms with E-state index in [-0.39, 0.29) is 5.91 Å². The molecule has 0 saturated carbocycles. The number of nitrogens with one attached hydrogen (secondary N) is 1. The molecule has 5 nitrogen and oxygen atoms in total. The minimum absolute atomic E-state index is 0.127. The summed E-state index contributed by atoms with van der Waals surface area (Å²) in [5.41, 5.74) is 1.43. The summed E-state index contributed by atoms with van der Waals surface area (Å²) in [4.78, 5) is 12.1. The Bertz CT molecular complexity index is 795. The summed E-state index contributed by atoms with van der Waals surface area (Å²) < 4.78 is 10.8. The molecular formula is C19H18N2O3. The molecule has 5 heteroatoms. The first-order valence-electron chi connectivity index (χ1n) is 7.74. The Morgan fingerprint density at radius 2 is 1.79 bits per heavy atom. The lowest BCUT2D eigenvalue weighted by Crippen LogP contribution is -2.25. The summed E-state index contributed by atoms with van der Waals surface area (Å²) in [6, 6.07) is 18.4. The maximum absolute atomic E-state index is 12.1. The fraction of sp³-hybridized carbons (Fsp3) is 0.158. The van der Waals surface area contributed by atoms with Crippen molar-refractivity contribution in [3.05, 3.63) is 77.7 Å². The Morgan fingerprint density at radius 3 is 2.46 bits per heavy atom. The second-order valence-corrected chi connectivity index (χ2v) is 5.38. The van der Waals surface area contributed by atoms with Gasteiger partial charge in [0.05, 0.1) is 5.69 Å². The van der Waals surface area contributed by atoms with Crippen LogP contribution in [-0.4, -0.2) is 17.6 Å². The monoisotopic (exact) mass is 322 g/mol. The Kier molecular flexibility index (Phi) is 4.91. The van der Waals surface area contributed by atoms with Crippen molar-refractivity contribution < 1.29 is 14.1 Å². The summed E-state index contributed by atoms with van der Waals surface area (Å²) in [5, 5.41) is 6.67. The summed E-state index contributed by atoms with van der Waals surface area (Å²) >= 11 is 0. The highest BCUT2D eigenvalue weighted by molar-refractivity contribution is 5.94. The minimum atomic E-state index is -0.127. The van der Waals surface area contributed by atoms with Gasteiger partial charge in [0, 0.05) is 24.6 Å². The van der Waals surface area contributed by atoms with Crippen molar-refractivity contribution in [1.29, 1.82) is 0 Å². The second kappa shape index (κ2) is 7.46. The quantitative estimate of drug-likeness (QED) is 0.751. The third kappa shape index (κ3) is 4.23. The van der Waals surface area contributed by atoms with E-state index in [0.717, 1.165) is 17.2 Å². The van der Waals surface area contributed by atoms with E-state index >= 15 is 0 Å². The predicted octanol–water partition coefficient (Wildman–Crippen LogP) is 3.75. The molecule has 3 rings (SSSR count). The molecule has 122 valence electrons. The first-order valence-corrected chi connectivity index (χ1v) is 7.74. The van der Waals surface area contributed by atoms with Crippen LogP contribution in [0.3, 0.4) is 0 Å². The maximum Gasteiger partial charge on any atom is 0.251 e. The summed E-state index contributed by atoms with van der Waals surface area (Å²) in [5.74, 6) is 2.09. The van der Waals surface area contributed by atoms with E-state index in [1.165, 1.54) is 0 Å². The number of hydrogen-bond donors (Lipinski definition) is 1. The number of rotatable bonds is 6. The third-order valence-electron chi connectivity index (χ3n) is 3.43. The molecule has 0 spiro atoms. The van der Waals surface area contributed by atoms with E-state index in [1.54, 1.807) is 24.3 Å². The second-order valence-electron chi connectivity index (χ2n) is 5.38. The van der Waals surface area contributed by atoms with Gasteiger partial charge in [-0.3, -0.25) is 4.79 Å². The van der Waals surface area contributed by atoms with Crippen LogP contribution in [0.4, 0.5) is 0 Å². The standard InChI is InChI=1S/C19H18N2O3/c1-14-13-18(24-21-14)11-12-20-19(22)15-7-9-17(10-8-15)23-16-5-3-2-4-6-16/h2-10,13H,11-12H2,1H3,(H,20,22). The highest BCUT2D eigenvalue weighted by Gasteiger charge is 2.07. The van der Waals surface area contributed by atoms with Gasteiger partial charge in [0.1, 0.15) is 17.3 Å². The van der Waals surface area contributed by atoms with Crippen molar-refractivity contribution >= 4 is 5.91 Å². The van der Waals surface area contributed by atoms with Crippen molar-refractivity contribution in [3.8, 4) is 11.5 Å².